The van der Waals surface area contributed by atoms with Gasteiger partial charge in [0.2, 0.25) is 0 Å². The summed E-state index contributed by atoms with van der Waals surface area (Å²) < 4.78 is 17.7. The molecule has 58 valence electrons. The first-order valence-electron chi connectivity index (χ1n) is 3.34. The maximum Gasteiger partial charge on any atom is 0.147 e. The zero-order valence-corrected chi connectivity index (χ0v) is 5.83. The van der Waals surface area contributed by atoms with Gasteiger partial charge in [-0.05, 0) is 0 Å². The zero-order chi connectivity index (χ0) is 7.72. The molecular weight excluding hydrogens is 136 g/mol. The van der Waals surface area contributed by atoms with E-state index in [0.29, 0.717) is 0 Å². The third-order valence-electron chi connectivity index (χ3n) is 1.78. The Labute approximate surface area is 59.8 Å². The van der Waals surface area contributed by atoms with Gasteiger partial charge in [-0.25, -0.2) is 4.39 Å². The number of hydrogen-bond acceptors (Lipinski definition) is 3. The first-order valence-corrected chi connectivity index (χ1v) is 3.34. The highest BCUT2D eigenvalue weighted by Crippen LogP contribution is 2.20. The normalized spacial score (nSPS) is 47.9. The van der Waals surface area contributed by atoms with Crippen LogP contribution in [0.15, 0.2) is 0 Å². The number of ether oxygens (including phenoxy) is 1. The molecule has 1 rings (SSSR count). The molecule has 0 radical (unpaired) electrons. The highest BCUT2D eigenvalue weighted by Gasteiger charge is 2.40. The summed E-state index contributed by atoms with van der Waals surface area (Å²) in [5, 5.41) is 9.05. The molecule has 0 spiro atoms. The SMILES string of the molecule is B[C@@H]1O[C@H](CN)[C@H](O)[C@@H]1F. The fourth-order valence-corrected chi connectivity index (χ4v) is 1.11. The number of aliphatic hydroxyl groups excluding tert-OH is 1. The van der Waals surface area contributed by atoms with Crippen LogP contribution in [0.3, 0.4) is 0 Å². The van der Waals surface area contributed by atoms with Crippen molar-refractivity contribution in [1.82, 2.24) is 0 Å². The number of rotatable bonds is 1. The van der Waals surface area contributed by atoms with Crippen LogP contribution in [0.25, 0.3) is 0 Å². The van der Waals surface area contributed by atoms with Crippen molar-refractivity contribution in [3.05, 3.63) is 0 Å². The largest absolute Gasteiger partial charge is 0.387 e. The molecule has 10 heavy (non-hydrogen) atoms. The smallest absolute Gasteiger partial charge is 0.147 e. The van der Waals surface area contributed by atoms with Crippen LogP contribution in [-0.4, -0.2) is 43.9 Å². The third-order valence-corrected chi connectivity index (χ3v) is 1.78. The Kier molecular flexibility index (Phi) is 2.28. The van der Waals surface area contributed by atoms with E-state index >= 15 is 0 Å². The predicted molar refractivity (Wildman–Crippen MR) is 37.2 cm³/mol. The lowest BCUT2D eigenvalue weighted by Crippen LogP contribution is -2.33. The van der Waals surface area contributed by atoms with E-state index in [2.05, 4.69) is 0 Å². The van der Waals surface area contributed by atoms with Gasteiger partial charge in [0.1, 0.15) is 20.1 Å². The Morgan fingerprint density at radius 3 is 2.50 bits per heavy atom. The Balaban J connectivity index is 2.53. The minimum absolute atomic E-state index is 0.173. The first kappa shape index (κ1) is 7.98. The van der Waals surface area contributed by atoms with Gasteiger partial charge in [0.25, 0.3) is 0 Å². The van der Waals surface area contributed by atoms with Crippen molar-refractivity contribution in [3.63, 3.8) is 0 Å². The second-order valence-electron chi connectivity index (χ2n) is 2.55. The second-order valence-corrected chi connectivity index (χ2v) is 2.55. The van der Waals surface area contributed by atoms with E-state index in [4.69, 9.17) is 15.6 Å². The van der Waals surface area contributed by atoms with Crippen LogP contribution in [0, 0.1) is 0 Å². The topological polar surface area (TPSA) is 55.5 Å². The molecule has 1 heterocycles. The Morgan fingerprint density at radius 1 is 1.70 bits per heavy atom. The molecule has 0 aromatic carbocycles. The van der Waals surface area contributed by atoms with Crippen molar-refractivity contribution in [3.8, 4) is 0 Å². The van der Waals surface area contributed by atoms with Gasteiger partial charge in [0.05, 0.1) is 12.1 Å². The summed E-state index contributed by atoms with van der Waals surface area (Å²) in [5.41, 5.74) is 5.20. The molecule has 4 atom stereocenters. The van der Waals surface area contributed by atoms with Crippen molar-refractivity contribution in [1.29, 1.82) is 0 Å². The lowest BCUT2D eigenvalue weighted by Gasteiger charge is -2.09. The van der Waals surface area contributed by atoms with Gasteiger partial charge in [0.15, 0.2) is 0 Å². The molecular formula is C5H11BFNO2. The van der Waals surface area contributed by atoms with Crippen LogP contribution in [0.2, 0.25) is 0 Å². The molecule has 1 saturated heterocycles. The minimum Gasteiger partial charge on any atom is -0.387 e. The monoisotopic (exact) mass is 147 g/mol. The average molecular weight is 147 g/mol. The fourth-order valence-electron chi connectivity index (χ4n) is 1.11. The van der Waals surface area contributed by atoms with Gasteiger partial charge in [-0.15, -0.1) is 0 Å². The van der Waals surface area contributed by atoms with E-state index in [-0.39, 0.29) is 6.54 Å². The average Bonchev–Trinajstić information content (AvgIpc) is 2.17. The highest BCUT2D eigenvalue weighted by molar-refractivity contribution is 6.11. The lowest BCUT2D eigenvalue weighted by molar-refractivity contribution is 0.0365. The third kappa shape index (κ3) is 1.16. The van der Waals surface area contributed by atoms with E-state index in [1.165, 1.54) is 0 Å². The van der Waals surface area contributed by atoms with E-state index in [1.807, 2.05) is 0 Å². The van der Waals surface area contributed by atoms with Crippen LogP contribution in [-0.2, 0) is 4.74 Å². The fraction of sp³-hybridized carbons (Fsp3) is 1.00. The first-order chi connectivity index (χ1) is 4.66. The summed E-state index contributed by atoms with van der Waals surface area (Å²) in [6.45, 7) is 0.173. The molecule has 0 unspecified atom stereocenters. The van der Waals surface area contributed by atoms with Gasteiger partial charge in [-0.3, -0.25) is 0 Å². The molecule has 3 nitrogen and oxygen atoms in total. The van der Waals surface area contributed by atoms with Gasteiger partial charge in [-0.1, -0.05) is 0 Å². The molecule has 1 fully saturated rings. The highest BCUT2D eigenvalue weighted by atomic mass is 19.1. The number of alkyl halides is 1. The molecule has 0 bridgehead atoms. The van der Waals surface area contributed by atoms with Crippen LogP contribution >= 0.6 is 0 Å². The standard InChI is InChI=1S/C5H11BFNO2/c6-5-3(7)4(9)2(1-8)10-5/h2-5,9H,1,6,8H2/t2-,3+,4+,5-/m1/s1. The lowest BCUT2D eigenvalue weighted by atomic mass is 9.94. The van der Waals surface area contributed by atoms with Crippen LogP contribution < -0.4 is 5.73 Å². The summed E-state index contributed by atoms with van der Waals surface area (Å²) in [5.74, 6) is 0. The van der Waals surface area contributed by atoms with E-state index < -0.39 is 24.4 Å². The quantitative estimate of drug-likeness (QED) is 0.422. The van der Waals surface area contributed by atoms with E-state index in [9.17, 15) is 4.39 Å². The summed E-state index contributed by atoms with van der Waals surface area (Å²) in [4.78, 5) is 0. The summed E-state index contributed by atoms with van der Waals surface area (Å²) in [7, 11) is 1.59. The molecule has 0 aromatic heterocycles. The van der Waals surface area contributed by atoms with Gasteiger partial charge >= 0.3 is 0 Å². The predicted octanol–water partition coefficient (Wildman–Crippen LogP) is -2.00. The molecule has 1 aliphatic heterocycles. The number of aliphatic hydroxyl groups is 1. The summed E-state index contributed by atoms with van der Waals surface area (Å²) >= 11 is 0. The van der Waals surface area contributed by atoms with Crippen molar-refractivity contribution in [2.45, 2.75) is 24.4 Å². The molecule has 3 N–H and O–H groups in total. The van der Waals surface area contributed by atoms with Crippen molar-refractivity contribution < 1.29 is 14.2 Å². The molecule has 1 aliphatic rings. The van der Waals surface area contributed by atoms with E-state index in [0.717, 1.165) is 0 Å². The Bertz CT molecular complexity index is 126. The van der Waals surface area contributed by atoms with Crippen LogP contribution in [0.4, 0.5) is 4.39 Å². The molecule has 0 aliphatic carbocycles. The number of nitrogens with two attached hydrogens (primary N) is 1. The molecule has 0 saturated carbocycles. The molecule has 5 heteroatoms. The zero-order valence-electron chi connectivity index (χ0n) is 5.83. The van der Waals surface area contributed by atoms with Crippen LogP contribution in [0.1, 0.15) is 0 Å². The van der Waals surface area contributed by atoms with Crippen LogP contribution in [0.5, 0.6) is 0 Å². The van der Waals surface area contributed by atoms with Gasteiger partial charge < -0.3 is 15.6 Å². The van der Waals surface area contributed by atoms with Crippen molar-refractivity contribution in [2.24, 2.45) is 5.73 Å². The summed E-state index contributed by atoms with van der Waals surface area (Å²) in [6, 6.07) is -0.524. The van der Waals surface area contributed by atoms with Crippen molar-refractivity contribution >= 4 is 7.85 Å². The van der Waals surface area contributed by atoms with Gasteiger partial charge in [-0.2, -0.15) is 0 Å². The molecule has 0 amide bonds. The summed E-state index contributed by atoms with van der Waals surface area (Å²) in [6.07, 6.45) is -2.85. The Morgan fingerprint density at radius 2 is 2.30 bits per heavy atom. The van der Waals surface area contributed by atoms with Crippen molar-refractivity contribution in [2.75, 3.05) is 6.54 Å². The molecule has 0 aromatic rings. The minimum atomic E-state index is -1.28. The van der Waals surface area contributed by atoms with Gasteiger partial charge in [0, 0.05) is 6.54 Å². The maximum atomic E-state index is 12.7. The number of halogens is 1. The second kappa shape index (κ2) is 2.86. The maximum absolute atomic E-state index is 12.7. The van der Waals surface area contributed by atoms with E-state index in [1.54, 1.807) is 7.85 Å². The number of hydrogen-bond donors (Lipinski definition) is 2. The Hall–Kier alpha value is -0.125.